The molecular weight excluding hydrogens is 645 g/mol. The average Bonchev–Trinajstić information content (AvgIpc) is 3.43. The Bertz CT molecular complexity index is 1910. The summed E-state index contributed by atoms with van der Waals surface area (Å²) >= 11 is 1.17. The van der Waals surface area contributed by atoms with Gasteiger partial charge in [-0.25, -0.2) is 22.0 Å². The van der Waals surface area contributed by atoms with Gasteiger partial charge in [-0.2, -0.15) is 4.31 Å². The zero-order valence-corrected chi connectivity index (χ0v) is 29.2. The number of benzene rings is 3. The number of thioether (sulfide) groups is 1. The maximum Gasteiger partial charge on any atom is 0.243 e. The van der Waals surface area contributed by atoms with Gasteiger partial charge in [-0.05, 0) is 53.3 Å². The molecule has 0 atom stereocenters. The first kappa shape index (κ1) is 35.3. The van der Waals surface area contributed by atoms with Crippen molar-refractivity contribution in [1.29, 1.82) is 0 Å². The van der Waals surface area contributed by atoms with Crippen LogP contribution in [0.2, 0.25) is 0 Å². The summed E-state index contributed by atoms with van der Waals surface area (Å²) in [6.45, 7) is 12.7. The topological polar surface area (TPSA) is 157 Å². The van der Waals surface area contributed by atoms with Crippen molar-refractivity contribution in [2.75, 3.05) is 24.2 Å². The van der Waals surface area contributed by atoms with Crippen LogP contribution in [0.25, 0.3) is 17.1 Å². The van der Waals surface area contributed by atoms with Crippen molar-refractivity contribution >= 4 is 43.4 Å². The largest absolute Gasteiger partial charge is 0.325 e. The van der Waals surface area contributed by atoms with Crippen molar-refractivity contribution in [3.8, 4) is 17.1 Å². The van der Waals surface area contributed by atoms with Gasteiger partial charge in [0.1, 0.15) is 0 Å². The first-order valence-corrected chi connectivity index (χ1v) is 18.9. The van der Waals surface area contributed by atoms with Crippen LogP contribution >= 0.6 is 11.8 Å². The van der Waals surface area contributed by atoms with Crippen molar-refractivity contribution in [2.24, 2.45) is 5.14 Å². The molecule has 0 unspecified atom stereocenters. The van der Waals surface area contributed by atoms with E-state index in [-0.39, 0.29) is 39.0 Å². The maximum absolute atomic E-state index is 13.4. The zero-order valence-electron chi connectivity index (χ0n) is 26.8. The van der Waals surface area contributed by atoms with Gasteiger partial charge in [0.15, 0.2) is 11.0 Å². The Morgan fingerprint density at radius 1 is 0.870 bits per heavy atom. The SMILES string of the molecule is CCN(CC)S(=O)(=O)c1cccc(-c2nnc(SCC(=O)Nc3cccc(S(N)(=O)=O)c3)n2-c2c(C(C)C)cccc2C(C)C)c1. The molecule has 4 rings (SSSR count). The lowest BCUT2D eigenvalue weighted by molar-refractivity contribution is -0.113. The number of amides is 1. The van der Waals surface area contributed by atoms with Gasteiger partial charge in [0, 0.05) is 24.3 Å². The molecule has 0 radical (unpaired) electrons. The predicted octanol–water partition coefficient (Wildman–Crippen LogP) is 5.59. The van der Waals surface area contributed by atoms with E-state index in [0.717, 1.165) is 16.8 Å². The number of hydrogen-bond acceptors (Lipinski definition) is 8. The summed E-state index contributed by atoms with van der Waals surface area (Å²) in [5, 5.41) is 17.4. The van der Waals surface area contributed by atoms with Gasteiger partial charge in [-0.1, -0.05) is 89.7 Å². The number of aromatic nitrogens is 3. The lowest BCUT2D eigenvalue weighted by atomic mass is 9.92. The first-order chi connectivity index (χ1) is 21.7. The Labute approximate surface area is 275 Å². The molecule has 14 heteroatoms. The Morgan fingerprint density at radius 2 is 1.46 bits per heavy atom. The van der Waals surface area contributed by atoms with E-state index in [4.69, 9.17) is 5.14 Å². The van der Waals surface area contributed by atoms with Gasteiger partial charge in [0.2, 0.25) is 26.0 Å². The second-order valence-corrected chi connectivity index (χ2v) is 15.7. The lowest BCUT2D eigenvalue weighted by Crippen LogP contribution is -2.30. The molecule has 0 fully saturated rings. The number of sulfonamides is 2. The van der Waals surface area contributed by atoms with Crippen molar-refractivity contribution in [3.05, 3.63) is 77.9 Å². The van der Waals surface area contributed by atoms with E-state index in [9.17, 15) is 21.6 Å². The minimum Gasteiger partial charge on any atom is -0.325 e. The number of rotatable bonds is 13. The van der Waals surface area contributed by atoms with Crippen molar-refractivity contribution in [2.45, 2.75) is 68.3 Å². The summed E-state index contributed by atoms with van der Waals surface area (Å²) in [5.41, 5.74) is 3.83. The van der Waals surface area contributed by atoms with Crippen LogP contribution in [-0.4, -0.2) is 60.7 Å². The van der Waals surface area contributed by atoms with E-state index in [1.807, 2.05) is 10.6 Å². The standard InChI is InChI=1S/C32H40N6O5S3/c1-7-37(8-2)46(42,43)26-15-9-12-23(18-26)31-35-36-32(38(31)30-27(21(3)4)16-11-17-28(30)22(5)6)44-20-29(39)34-24-13-10-14-25(19-24)45(33,40)41/h9-19,21-22H,7-8,20H2,1-6H3,(H,34,39)(H2,33,40,41). The number of nitrogens with one attached hydrogen (secondary N) is 1. The third-order valence-electron chi connectivity index (χ3n) is 7.41. The van der Waals surface area contributed by atoms with Gasteiger partial charge in [-0.3, -0.25) is 9.36 Å². The molecule has 11 nitrogen and oxygen atoms in total. The van der Waals surface area contributed by atoms with E-state index < -0.39 is 20.0 Å². The highest BCUT2D eigenvalue weighted by molar-refractivity contribution is 7.99. The monoisotopic (exact) mass is 684 g/mol. The molecule has 0 aliphatic carbocycles. The van der Waals surface area contributed by atoms with Crippen LogP contribution in [-0.2, 0) is 24.8 Å². The molecule has 3 aromatic carbocycles. The highest BCUT2D eigenvalue weighted by Crippen LogP contribution is 2.37. The normalized spacial score (nSPS) is 12.3. The molecule has 0 bridgehead atoms. The second-order valence-electron chi connectivity index (χ2n) is 11.3. The van der Waals surface area contributed by atoms with Crippen LogP contribution < -0.4 is 10.5 Å². The third-order valence-corrected chi connectivity index (χ3v) is 11.3. The number of para-hydroxylation sites is 1. The van der Waals surface area contributed by atoms with E-state index >= 15 is 0 Å². The second kappa shape index (κ2) is 14.5. The van der Waals surface area contributed by atoms with E-state index in [1.165, 1.54) is 34.3 Å². The van der Waals surface area contributed by atoms with Gasteiger partial charge >= 0.3 is 0 Å². The smallest absolute Gasteiger partial charge is 0.243 e. The number of carbonyl (C=O) groups is 1. The molecule has 0 aliphatic rings. The molecule has 1 amide bonds. The molecule has 0 spiro atoms. The molecule has 1 aromatic heterocycles. The Balaban J connectivity index is 1.82. The summed E-state index contributed by atoms with van der Waals surface area (Å²) in [7, 11) is -7.67. The Hall–Kier alpha value is -3.56. The van der Waals surface area contributed by atoms with E-state index in [0.29, 0.717) is 29.6 Å². The number of anilines is 1. The van der Waals surface area contributed by atoms with Crippen LogP contribution in [0.15, 0.2) is 81.7 Å². The van der Waals surface area contributed by atoms with Crippen molar-refractivity contribution < 1.29 is 21.6 Å². The molecule has 46 heavy (non-hydrogen) atoms. The van der Waals surface area contributed by atoms with Gasteiger partial charge in [0.05, 0.1) is 21.2 Å². The molecule has 3 N–H and O–H groups in total. The molecule has 1 heterocycles. The van der Waals surface area contributed by atoms with Crippen LogP contribution in [0.3, 0.4) is 0 Å². The lowest BCUT2D eigenvalue weighted by Gasteiger charge is -2.23. The third kappa shape index (κ3) is 7.69. The quantitative estimate of drug-likeness (QED) is 0.173. The van der Waals surface area contributed by atoms with Crippen molar-refractivity contribution in [1.82, 2.24) is 19.1 Å². The number of primary sulfonamides is 1. The number of nitrogens with two attached hydrogens (primary N) is 1. The summed E-state index contributed by atoms with van der Waals surface area (Å²) < 4.78 is 53.7. The summed E-state index contributed by atoms with van der Waals surface area (Å²) in [4.78, 5) is 13.1. The molecule has 0 saturated heterocycles. The molecular formula is C32H40N6O5S3. The zero-order chi connectivity index (χ0) is 33.8. The fourth-order valence-corrected chi connectivity index (χ4v) is 7.91. The van der Waals surface area contributed by atoms with Crippen molar-refractivity contribution in [3.63, 3.8) is 0 Å². The average molecular weight is 685 g/mol. The predicted molar refractivity (Wildman–Crippen MR) is 182 cm³/mol. The molecule has 4 aromatic rings. The maximum atomic E-state index is 13.4. The Morgan fingerprint density at radius 3 is 2.04 bits per heavy atom. The minimum atomic E-state index is -3.94. The Kier molecular flexibility index (Phi) is 11.1. The minimum absolute atomic E-state index is 0.0605. The first-order valence-electron chi connectivity index (χ1n) is 14.9. The number of nitrogens with zero attached hydrogens (tertiary/aromatic N) is 4. The van der Waals surface area contributed by atoms with Crippen LogP contribution in [0, 0.1) is 0 Å². The van der Waals surface area contributed by atoms with Crippen LogP contribution in [0.1, 0.15) is 64.5 Å². The molecule has 246 valence electrons. The van der Waals surface area contributed by atoms with Gasteiger partial charge in [0.25, 0.3) is 0 Å². The number of hydrogen-bond donors (Lipinski definition) is 2. The van der Waals surface area contributed by atoms with Gasteiger partial charge < -0.3 is 5.32 Å². The van der Waals surface area contributed by atoms with Crippen LogP contribution in [0.5, 0.6) is 0 Å². The molecule has 0 saturated carbocycles. The summed E-state index contributed by atoms with van der Waals surface area (Å²) in [6.07, 6.45) is 0. The highest BCUT2D eigenvalue weighted by Gasteiger charge is 2.26. The summed E-state index contributed by atoms with van der Waals surface area (Å²) in [5.74, 6) is 0.252. The number of carbonyl (C=O) groups excluding carboxylic acids is 1. The fraction of sp³-hybridized carbons (Fsp3) is 0.344. The van der Waals surface area contributed by atoms with Gasteiger partial charge in [-0.15, -0.1) is 10.2 Å². The van der Waals surface area contributed by atoms with E-state index in [2.05, 4.69) is 55.3 Å². The fourth-order valence-electron chi connectivity index (χ4n) is 5.11. The molecule has 0 aliphatic heterocycles. The summed E-state index contributed by atoms with van der Waals surface area (Å²) in [6, 6.07) is 18.5. The highest BCUT2D eigenvalue weighted by atomic mass is 32.2. The van der Waals surface area contributed by atoms with E-state index in [1.54, 1.807) is 44.2 Å². The van der Waals surface area contributed by atoms with Crippen LogP contribution in [0.4, 0.5) is 5.69 Å².